The summed E-state index contributed by atoms with van der Waals surface area (Å²) in [7, 11) is 2.16. The van der Waals surface area contributed by atoms with Crippen LogP contribution in [0.1, 0.15) is 44.8 Å². The number of likely N-dealkylation sites (tertiary alicyclic amines) is 1. The third-order valence-electron chi connectivity index (χ3n) is 5.15. The maximum Gasteiger partial charge on any atom is 0.337 e. The van der Waals surface area contributed by atoms with Gasteiger partial charge < -0.3 is 10.0 Å². The Morgan fingerprint density at radius 3 is 2.67 bits per heavy atom. The lowest BCUT2D eigenvalue weighted by molar-refractivity contribution is 0.0696. The maximum absolute atomic E-state index is 11.6. The van der Waals surface area contributed by atoms with Crippen LogP contribution in [0.5, 0.6) is 0 Å². The number of thiophene rings is 1. The molecule has 2 aliphatic rings. The average molecular weight is 338 g/mol. The first-order valence-corrected chi connectivity index (χ1v) is 9.22. The molecule has 1 saturated heterocycles. The molecule has 0 amide bonds. The zero-order valence-electron chi connectivity index (χ0n) is 13.8. The molecule has 0 spiro atoms. The molecule has 2 aromatic rings. The predicted octanol–water partition coefficient (Wildman–Crippen LogP) is 3.87. The Balaban J connectivity index is 1.94. The molecule has 24 heavy (non-hydrogen) atoms. The lowest BCUT2D eigenvalue weighted by atomic mass is 9.90. The van der Waals surface area contributed by atoms with Crippen LogP contribution >= 0.6 is 11.3 Å². The molecule has 4 rings (SSSR count). The van der Waals surface area contributed by atoms with Gasteiger partial charge in [-0.15, -0.1) is 11.3 Å². The fraction of sp³-hybridized carbons (Fsp3) is 0.350. The lowest BCUT2D eigenvalue weighted by Gasteiger charge is -2.27. The Labute approximate surface area is 146 Å². The van der Waals surface area contributed by atoms with Crippen molar-refractivity contribution in [3.8, 4) is 0 Å². The van der Waals surface area contributed by atoms with Gasteiger partial charge in [0.25, 0.3) is 0 Å². The number of hydrogen-bond acceptors (Lipinski definition) is 3. The number of carboxylic acids is 1. The molecule has 1 fully saturated rings. The molecule has 1 aliphatic carbocycles. The summed E-state index contributed by atoms with van der Waals surface area (Å²) in [5.41, 5.74) is 6.73. The highest BCUT2D eigenvalue weighted by Gasteiger charge is 2.27. The molecule has 0 bridgehead atoms. The third kappa shape index (κ3) is 2.60. The van der Waals surface area contributed by atoms with Crippen LogP contribution in [0.3, 0.4) is 0 Å². The van der Waals surface area contributed by atoms with Crippen molar-refractivity contribution in [2.75, 3.05) is 20.1 Å². The summed E-state index contributed by atoms with van der Waals surface area (Å²) in [5.74, 6) is -0.855. The number of hydrogen-bond donors (Lipinski definition) is 1. The third-order valence-corrected chi connectivity index (χ3v) is 6.11. The van der Waals surface area contributed by atoms with E-state index >= 15 is 0 Å². The molecule has 1 aliphatic heterocycles. The first-order chi connectivity index (χ1) is 11.6. The highest BCUT2D eigenvalue weighted by molar-refractivity contribution is 7.11. The van der Waals surface area contributed by atoms with Gasteiger partial charge in [-0.05, 0) is 55.0 Å². The minimum absolute atomic E-state index is 0.369. The van der Waals surface area contributed by atoms with E-state index in [0.29, 0.717) is 5.56 Å². The second kappa shape index (κ2) is 6.19. The highest BCUT2D eigenvalue weighted by atomic mass is 32.1. The molecule has 0 unspecified atom stereocenters. The second-order valence-corrected chi connectivity index (χ2v) is 7.45. The van der Waals surface area contributed by atoms with Gasteiger partial charge in [0, 0.05) is 18.0 Å². The number of aryl methyl sites for hydroxylation is 1. The summed E-state index contributed by atoms with van der Waals surface area (Å²) in [6.07, 6.45) is 3.79. The Morgan fingerprint density at radius 2 is 1.92 bits per heavy atom. The fourth-order valence-corrected chi connectivity index (χ4v) is 4.90. The monoisotopic (exact) mass is 338 g/mol. The number of carboxylic acid groups (broad SMARTS) is 1. The van der Waals surface area contributed by atoms with Gasteiger partial charge in [-0.3, -0.25) is 0 Å². The average Bonchev–Trinajstić information content (AvgIpc) is 2.93. The molecule has 1 aromatic carbocycles. The van der Waals surface area contributed by atoms with Crippen LogP contribution in [0.4, 0.5) is 0 Å². The largest absolute Gasteiger partial charge is 0.478 e. The van der Waals surface area contributed by atoms with Crippen LogP contribution in [0.15, 0.2) is 29.8 Å². The Hall–Kier alpha value is -1.91. The quantitative estimate of drug-likeness (QED) is 0.858. The Bertz CT molecular complexity index is 824. The van der Waals surface area contributed by atoms with E-state index in [1.54, 1.807) is 0 Å². The van der Waals surface area contributed by atoms with Crippen LogP contribution in [0.2, 0.25) is 0 Å². The smallest absolute Gasteiger partial charge is 0.337 e. The number of piperidine rings is 1. The molecule has 4 heteroatoms. The maximum atomic E-state index is 11.6. The molecule has 0 atom stereocenters. The number of aromatic carboxylic acids is 1. The van der Waals surface area contributed by atoms with Gasteiger partial charge in [-0.2, -0.15) is 0 Å². The minimum Gasteiger partial charge on any atom is -0.478 e. The number of nitrogens with zero attached hydrogens (tertiary/aromatic N) is 1. The van der Waals surface area contributed by atoms with Crippen LogP contribution < -0.4 is 0 Å². The number of rotatable bonds is 1. The van der Waals surface area contributed by atoms with Gasteiger partial charge in [0.2, 0.25) is 0 Å². The van der Waals surface area contributed by atoms with Crippen LogP contribution in [-0.2, 0) is 12.8 Å². The van der Waals surface area contributed by atoms with Gasteiger partial charge in [0.15, 0.2) is 0 Å². The number of carbonyl (C=O) groups is 1. The first kappa shape index (κ1) is 15.6. The van der Waals surface area contributed by atoms with E-state index in [4.69, 9.17) is 0 Å². The Kier molecular flexibility index (Phi) is 4.02. The summed E-state index contributed by atoms with van der Waals surface area (Å²) in [6.45, 7) is 2.13. The number of fused-ring (bicyclic) bond motifs is 2. The Morgan fingerprint density at radius 1 is 1.17 bits per heavy atom. The van der Waals surface area contributed by atoms with Crippen LogP contribution in [0, 0.1) is 5.38 Å². The first-order valence-electron chi connectivity index (χ1n) is 8.41. The zero-order chi connectivity index (χ0) is 16.7. The normalized spacial score (nSPS) is 18.0. The highest BCUT2D eigenvalue weighted by Crippen LogP contribution is 2.42. The summed E-state index contributed by atoms with van der Waals surface area (Å²) >= 11 is 1.48. The zero-order valence-corrected chi connectivity index (χ0v) is 14.6. The van der Waals surface area contributed by atoms with Crippen molar-refractivity contribution in [2.24, 2.45) is 0 Å². The van der Waals surface area contributed by atoms with E-state index in [1.165, 1.54) is 33.6 Å². The van der Waals surface area contributed by atoms with E-state index in [2.05, 4.69) is 41.6 Å². The fourth-order valence-electron chi connectivity index (χ4n) is 3.81. The van der Waals surface area contributed by atoms with Crippen molar-refractivity contribution in [3.63, 3.8) is 0 Å². The molecular formula is C20H20NO2S. The summed E-state index contributed by atoms with van der Waals surface area (Å²) in [4.78, 5) is 15.1. The topological polar surface area (TPSA) is 40.5 Å². The molecule has 0 saturated carbocycles. The van der Waals surface area contributed by atoms with Crippen molar-refractivity contribution >= 4 is 22.9 Å². The molecule has 123 valence electrons. The minimum atomic E-state index is -0.855. The van der Waals surface area contributed by atoms with Gasteiger partial charge in [-0.1, -0.05) is 29.8 Å². The molecular weight excluding hydrogens is 318 g/mol. The SMILES string of the molecule is CN1CCC(=C2c3ccccc3CCc3c(C(=O)O)[c]sc32)CC1. The van der Waals surface area contributed by atoms with Crippen LogP contribution in [0.25, 0.3) is 5.57 Å². The lowest BCUT2D eigenvalue weighted by Crippen LogP contribution is -2.26. The van der Waals surface area contributed by atoms with Crippen molar-refractivity contribution < 1.29 is 9.90 Å². The standard InChI is InChI=1S/C20H20NO2S/c1-21-10-8-14(9-11-21)18-15-5-3-2-4-13(15)6-7-16-17(20(22)23)12-24-19(16)18/h2-5H,6-11H2,1H3,(H,22,23). The predicted molar refractivity (Wildman–Crippen MR) is 96.7 cm³/mol. The van der Waals surface area contributed by atoms with Crippen molar-refractivity contribution in [1.82, 2.24) is 4.90 Å². The van der Waals surface area contributed by atoms with Gasteiger partial charge in [-0.25, -0.2) is 4.79 Å². The molecule has 1 radical (unpaired) electrons. The summed E-state index contributed by atoms with van der Waals surface area (Å²) < 4.78 is 0. The van der Waals surface area contributed by atoms with E-state index in [-0.39, 0.29) is 0 Å². The summed E-state index contributed by atoms with van der Waals surface area (Å²) in [5, 5.41) is 12.6. The number of benzene rings is 1. The molecule has 2 heterocycles. The van der Waals surface area contributed by atoms with Crippen molar-refractivity contribution in [3.05, 3.63) is 62.3 Å². The second-order valence-electron chi connectivity index (χ2n) is 6.63. The van der Waals surface area contributed by atoms with Crippen LogP contribution in [-0.4, -0.2) is 36.1 Å². The van der Waals surface area contributed by atoms with E-state index in [0.717, 1.165) is 49.2 Å². The molecule has 1 aromatic heterocycles. The van der Waals surface area contributed by atoms with E-state index in [1.807, 2.05) is 0 Å². The van der Waals surface area contributed by atoms with E-state index < -0.39 is 5.97 Å². The summed E-state index contributed by atoms with van der Waals surface area (Å²) in [6, 6.07) is 8.56. The van der Waals surface area contributed by atoms with Crippen molar-refractivity contribution in [2.45, 2.75) is 25.7 Å². The van der Waals surface area contributed by atoms with Gasteiger partial charge >= 0.3 is 5.97 Å². The molecule has 1 N–H and O–H groups in total. The molecule has 3 nitrogen and oxygen atoms in total. The van der Waals surface area contributed by atoms with E-state index in [9.17, 15) is 9.90 Å². The van der Waals surface area contributed by atoms with Crippen molar-refractivity contribution in [1.29, 1.82) is 0 Å². The van der Waals surface area contributed by atoms with Gasteiger partial charge in [0.1, 0.15) is 0 Å². The van der Waals surface area contributed by atoms with Gasteiger partial charge in [0.05, 0.1) is 10.9 Å².